The summed E-state index contributed by atoms with van der Waals surface area (Å²) in [4.78, 5) is 24.0. The maximum Gasteiger partial charge on any atom is 1.00 e. The van der Waals surface area contributed by atoms with Crippen LogP contribution >= 0.6 is 12.0 Å². The molecule has 0 aromatic heterocycles. The molecule has 0 fully saturated rings. The molecule has 1 atom stereocenters. The van der Waals surface area contributed by atoms with E-state index < -0.39 is 17.2 Å². The monoisotopic (exact) mass is 444 g/mol. The second kappa shape index (κ2) is 24.4. The van der Waals surface area contributed by atoms with Gasteiger partial charge in [0.2, 0.25) is 0 Å². The number of carbonyl (C=O) groups excluding carboxylic acids is 2. The Kier molecular flexibility index (Phi) is 26.4. The van der Waals surface area contributed by atoms with Crippen LogP contribution in [0.25, 0.3) is 0 Å². The molecule has 0 rings (SSSR count). The fourth-order valence-electron chi connectivity index (χ4n) is 2.65. The Hall–Kier alpha value is 0.170. The van der Waals surface area contributed by atoms with Crippen molar-refractivity contribution in [3.8, 4) is 0 Å². The van der Waals surface area contributed by atoms with E-state index in [0.29, 0.717) is 18.6 Å². The van der Waals surface area contributed by atoms with Gasteiger partial charge in [-0.05, 0) is 12.8 Å². The first-order valence-corrected chi connectivity index (χ1v) is 11.4. The molecule has 0 aliphatic heterocycles. The molecule has 0 saturated heterocycles. The Morgan fingerprint density at radius 2 is 1.28 bits per heavy atom. The minimum Gasteiger partial charge on any atom is -0.691 e. The van der Waals surface area contributed by atoms with Gasteiger partial charge in [0.1, 0.15) is 5.25 Å². The summed E-state index contributed by atoms with van der Waals surface area (Å²) in [6.07, 6.45) is 12.8. The second-order valence-corrected chi connectivity index (χ2v) is 7.75. The third kappa shape index (κ3) is 21.2. The third-order valence-corrected chi connectivity index (χ3v) is 5.03. The van der Waals surface area contributed by atoms with Gasteiger partial charge in [-0.1, -0.05) is 78.1 Å². The van der Waals surface area contributed by atoms with Crippen LogP contribution in [0.2, 0.25) is 0 Å². The number of ether oxygens (including phenoxy) is 2. The van der Waals surface area contributed by atoms with Crippen LogP contribution in [-0.4, -0.2) is 30.4 Å². The van der Waals surface area contributed by atoms with Crippen molar-refractivity contribution in [3.05, 3.63) is 0 Å². The van der Waals surface area contributed by atoms with Gasteiger partial charge >= 0.3 is 41.5 Å². The normalized spacial score (nSPS) is 11.6. The van der Waals surface area contributed by atoms with Gasteiger partial charge in [-0.3, -0.25) is 14.6 Å². The van der Waals surface area contributed by atoms with E-state index in [0.717, 1.165) is 38.5 Å². The van der Waals surface area contributed by atoms with E-state index in [2.05, 4.69) is 23.2 Å². The van der Waals surface area contributed by atoms with Crippen molar-refractivity contribution in [2.45, 2.75) is 103 Å². The summed E-state index contributed by atoms with van der Waals surface area (Å²) in [5.41, 5.74) is 0. The number of hydrogen-bond acceptors (Lipinski definition) is 8. The predicted molar refractivity (Wildman–Crippen MR) is 107 cm³/mol. The number of rotatable bonds is 20. The second-order valence-electron chi connectivity index (χ2n) is 6.85. The van der Waals surface area contributed by atoms with E-state index >= 15 is 0 Å². The van der Waals surface area contributed by atoms with Crippen LogP contribution in [0.15, 0.2) is 0 Å². The first-order valence-electron chi connectivity index (χ1n) is 10.6. The zero-order valence-electron chi connectivity index (χ0n) is 18.4. The standard InChI is InChI=1S/C20H38O7S.Na/c1-3-5-7-9-11-13-15-24-19(21)17-18(28-27-26-23)20(22)25-16-14-12-10-8-6-4-2;/h18,23H,3-17H2,1-2H3;/q;+1/p-1. The third-order valence-electron chi connectivity index (χ3n) is 4.30. The molecule has 7 nitrogen and oxygen atoms in total. The molecule has 0 heterocycles. The van der Waals surface area contributed by atoms with Crippen LogP contribution < -0.4 is 34.8 Å². The fraction of sp³-hybridized carbons (Fsp3) is 0.900. The van der Waals surface area contributed by atoms with Gasteiger partial charge in [-0.25, -0.2) is 0 Å². The minimum atomic E-state index is -0.980. The molecule has 0 radical (unpaired) electrons. The largest absolute Gasteiger partial charge is 1.00 e. The van der Waals surface area contributed by atoms with Gasteiger partial charge in [0.25, 0.3) is 0 Å². The SMILES string of the molecule is CCCCCCCCOC(=O)CC(SOO[O-])C(=O)OCCCCCCCC.[Na+]. The van der Waals surface area contributed by atoms with Crippen LogP contribution in [0.4, 0.5) is 0 Å². The summed E-state index contributed by atoms with van der Waals surface area (Å²) in [6.45, 7) is 4.93. The van der Waals surface area contributed by atoms with Crippen molar-refractivity contribution >= 4 is 24.0 Å². The fourth-order valence-corrected chi connectivity index (χ4v) is 3.12. The summed E-state index contributed by atoms with van der Waals surface area (Å²) in [5.74, 6) is -1.12. The molecule has 0 aliphatic rings. The van der Waals surface area contributed by atoms with Crippen molar-refractivity contribution in [2.24, 2.45) is 0 Å². The number of unbranched alkanes of at least 4 members (excludes halogenated alkanes) is 10. The summed E-state index contributed by atoms with van der Waals surface area (Å²) >= 11 is 0.476. The Morgan fingerprint density at radius 1 is 0.793 bits per heavy atom. The Balaban J connectivity index is 0. The molecule has 9 heteroatoms. The quantitative estimate of drug-likeness (QED) is 0.0695. The zero-order valence-corrected chi connectivity index (χ0v) is 21.3. The van der Waals surface area contributed by atoms with Crippen molar-refractivity contribution in [1.82, 2.24) is 0 Å². The number of carbonyl (C=O) groups is 2. The molecule has 29 heavy (non-hydrogen) atoms. The summed E-state index contributed by atoms with van der Waals surface area (Å²) in [7, 11) is 0. The van der Waals surface area contributed by atoms with E-state index in [9.17, 15) is 14.8 Å². The van der Waals surface area contributed by atoms with E-state index in [4.69, 9.17) is 9.47 Å². The van der Waals surface area contributed by atoms with E-state index in [-0.39, 0.29) is 42.6 Å². The number of hydrogen-bond donors (Lipinski definition) is 0. The summed E-state index contributed by atoms with van der Waals surface area (Å²) in [6, 6.07) is 0. The van der Waals surface area contributed by atoms with E-state index in [1.54, 1.807) is 0 Å². The minimum absolute atomic E-state index is 0. The van der Waals surface area contributed by atoms with Gasteiger partial charge in [-0.15, -0.1) is 0 Å². The maximum atomic E-state index is 12.1. The number of esters is 2. The van der Waals surface area contributed by atoms with Gasteiger partial charge < -0.3 is 14.7 Å². The molecule has 0 spiro atoms. The van der Waals surface area contributed by atoms with Crippen LogP contribution in [0.1, 0.15) is 97.3 Å². The predicted octanol–water partition coefficient (Wildman–Crippen LogP) is 1.43. The average Bonchev–Trinajstić information content (AvgIpc) is 2.69. The zero-order chi connectivity index (χ0) is 20.9. The first-order chi connectivity index (χ1) is 13.7. The molecule has 0 N–H and O–H groups in total. The molecule has 0 aromatic rings. The summed E-state index contributed by atoms with van der Waals surface area (Å²) < 4.78 is 14.6. The average molecular weight is 445 g/mol. The topological polar surface area (TPSA) is 94.1 Å². The van der Waals surface area contributed by atoms with Gasteiger partial charge in [0.15, 0.2) is 0 Å². The van der Waals surface area contributed by atoms with Crippen LogP contribution in [0.5, 0.6) is 0 Å². The van der Waals surface area contributed by atoms with Crippen LogP contribution in [0.3, 0.4) is 0 Å². The first kappa shape index (κ1) is 31.4. The summed E-state index contributed by atoms with van der Waals surface area (Å²) in [5, 5.41) is 12.3. The molecule has 1 unspecified atom stereocenters. The molecule has 0 saturated carbocycles. The molecule has 166 valence electrons. The maximum absolute atomic E-state index is 12.1. The van der Waals surface area contributed by atoms with Crippen molar-refractivity contribution in [3.63, 3.8) is 0 Å². The van der Waals surface area contributed by atoms with E-state index in [1.165, 1.54) is 38.5 Å². The van der Waals surface area contributed by atoms with Crippen molar-refractivity contribution in [2.75, 3.05) is 13.2 Å². The molecule has 0 amide bonds. The van der Waals surface area contributed by atoms with Gasteiger partial charge in [0, 0.05) is 12.0 Å². The Bertz CT molecular complexity index is 386. The molecule has 0 aliphatic carbocycles. The van der Waals surface area contributed by atoms with E-state index in [1.807, 2.05) is 0 Å². The smallest absolute Gasteiger partial charge is 0.691 e. The Labute approximate surface area is 202 Å². The van der Waals surface area contributed by atoms with Gasteiger partial charge in [-0.2, -0.15) is 4.33 Å². The molecular formula is C20H37NaO7S. The van der Waals surface area contributed by atoms with Crippen LogP contribution in [0, 0.1) is 0 Å². The molecule has 0 bridgehead atoms. The molecule has 0 aromatic carbocycles. The van der Waals surface area contributed by atoms with Crippen molar-refractivity contribution in [1.29, 1.82) is 0 Å². The van der Waals surface area contributed by atoms with Gasteiger partial charge in [0.05, 0.1) is 19.6 Å². The molecular weight excluding hydrogens is 407 g/mol. The van der Waals surface area contributed by atoms with Crippen LogP contribution in [-0.2, 0) is 28.4 Å². The van der Waals surface area contributed by atoms with Crippen molar-refractivity contribution < 1.29 is 63.2 Å². The Morgan fingerprint density at radius 3 is 1.79 bits per heavy atom.